The van der Waals surface area contributed by atoms with Gasteiger partial charge in [0.2, 0.25) is 0 Å². The smallest absolute Gasteiger partial charge is 0.416 e. The standard InChI is InChI=1S/C28H26F3N3O5S/c1-2-40(37,38)22-12-3-17(4-13-22)24(16-35)32-26(36)18-5-14-25-23(15-18)33-27(34(25)20-8-9-20)39-21-10-6-19(7-11-21)28(29,30)31/h3-7,10-15,20,24,35H,2,8-9,16H2,1H3,(H,32,36). The molecule has 4 aromatic rings. The molecule has 1 fully saturated rings. The van der Waals surface area contributed by atoms with Gasteiger partial charge >= 0.3 is 12.2 Å². The molecule has 8 nitrogen and oxygen atoms in total. The molecule has 0 radical (unpaired) electrons. The van der Waals surface area contributed by atoms with E-state index < -0.39 is 40.1 Å². The summed E-state index contributed by atoms with van der Waals surface area (Å²) in [4.78, 5) is 17.7. The molecule has 1 atom stereocenters. The Labute approximate surface area is 228 Å². The molecular weight excluding hydrogens is 547 g/mol. The quantitative estimate of drug-likeness (QED) is 0.276. The Bertz CT molecular complexity index is 1650. The summed E-state index contributed by atoms with van der Waals surface area (Å²) >= 11 is 0. The molecule has 1 aliphatic carbocycles. The van der Waals surface area contributed by atoms with Gasteiger partial charge in [0.25, 0.3) is 5.91 Å². The van der Waals surface area contributed by atoms with Crippen LogP contribution in [0.2, 0.25) is 0 Å². The van der Waals surface area contributed by atoms with Crippen LogP contribution in [0.5, 0.6) is 11.8 Å². The molecule has 210 valence electrons. The van der Waals surface area contributed by atoms with Crippen LogP contribution < -0.4 is 10.1 Å². The highest BCUT2D eigenvalue weighted by atomic mass is 32.2. The van der Waals surface area contributed by atoms with Gasteiger partial charge in [0.05, 0.1) is 39.9 Å². The molecule has 1 heterocycles. The SMILES string of the molecule is CCS(=O)(=O)c1ccc(C(CO)NC(=O)c2ccc3c(c2)nc(Oc2ccc(C(F)(F)F)cc2)n3C2CC2)cc1. The number of imidazole rings is 1. The number of nitrogens with zero attached hydrogens (tertiary/aromatic N) is 2. The molecule has 1 unspecified atom stereocenters. The van der Waals surface area contributed by atoms with E-state index in [1.807, 2.05) is 4.57 Å². The molecule has 1 amide bonds. The van der Waals surface area contributed by atoms with Crippen molar-refractivity contribution in [3.8, 4) is 11.8 Å². The number of aromatic nitrogens is 2. The summed E-state index contributed by atoms with van der Waals surface area (Å²) in [6.45, 7) is 1.14. The zero-order valence-corrected chi connectivity index (χ0v) is 22.2. The zero-order valence-electron chi connectivity index (χ0n) is 21.4. The van der Waals surface area contributed by atoms with E-state index in [2.05, 4.69) is 10.3 Å². The Morgan fingerprint density at radius 1 is 1.10 bits per heavy atom. The number of fused-ring (bicyclic) bond motifs is 1. The van der Waals surface area contributed by atoms with E-state index in [1.165, 1.54) is 24.3 Å². The fraction of sp³-hybridized carbons (Fsp3) is 0.286. The topological polar surface area (TPSA) is 111 Å². The maximum Gasteiger partial charge on any atom is 0.416 e. The first-order valence-corrected chi connectivity index (χ1v) is 14.3. The summed E-state index contributed by atoms with van der Waals surface area (Å²) in [5.41, 5.74) is 1.22. The number of nitrogens with one attached hydrogen (secondary N) is 1. The molecule has 2 N–H and O–H groups in total. The molecule has 0 bridgehead atoms. The van der Waals surface area contributed by atoms with Gasteiger partial charge in [-0.2, -0.15) is 18.2 Å². The van der Waals surface area contributed by atoms with Gasteiger partial charge in [0.15, 0.2) is 9.84 Å². The molecule has 1 aromatic heterocycles. The van der Waals surface area contributed by atoms with Gasteiger partial charge in [-0.15, -0.1) is 0 Å². The van der Waals surface area contributed by atoms with Crippen LogP contribution in [0.3, 0.4) is 0 Å². The summed E-state index contributed by atoms with van der Waals surface area (Å²) in [6.07, 6.45) is -2.66. The number of benzene rings is 3. The van der Waals surface area contributed by atoms with Gasteiger partial charge < -0.3 is 15.2 Å². The highest BCUT2D eigenvalue weighted by Crippen LogP contribution is 2.42. The largest absolute Gasteiger partial charge is 0.425 e. The predicted octanol–water partition coefficient (Wildman–Crippen LogP) is 5.44. The third-order valence-corrected chi connectivity index (χ3v) is 8.48. The van der Waals surface area contributed by atoms with Gasteiger partial charge in [0, 0.05) is 11.6 Å². The minimum atomic E-state index is -4.45. The molecule has 1 aliphatic rings. The lowest BCUT2D eigenvalue weighted by Gasteiger charge is -2.17. The maximum atomic E-state index is 13.1. The van der Waals surface area contributed by atoms with Crippen molar-refractivity contribution in [2.45, 2.75) is 42.9 Å². The monoisotopic (exact) mass is 573 g/mol. The average Bonchev–Trinajstić information content (AvgIpc) is 3.71. The van der Waals surface area contributed by atoms with Crippen LogP contribution in [0.15, 0.2) is 71.6 Å². The van der Waals surface area contributed by atoms with Gasteiger partial charge in [-0.3, -0.25) is 9.36 Å². The van der Waals surface area contributed by atoms with Crippen LogP contribution in [-0.4, -0.2) is 41.3 Å². The minimum absolute atomic E-state index is 0.0391. The first kappa shape index (κ1) is 27.7. The number of carbonyl (C=O) groups is 1. The average molecular weight is 574 g/mol. The van der Waals surface area contributed by atoms with Crippen LogP contribution in [0, 0.1) is 0 Å². The van der Waals surface area contributed by atoms with Gasteiger partial charge in [-0.05, 0) is 73.0 Å². The van der Waals surface area contributed by atoms with Gasteiger partial charge in [-0.1, -0.05) is 19.1 Å². The Morgan fingerprint density at radius 2 is 1.77 bits per heavy atom. The molecule has 12 heteroatoms. The molecule has 1 saturated carbocycles. The zero-order chi connectivity index (χ0) is 28.7. The minimum Gasteiger partial charge on any atom is -0.425 e. The third kappa shape index (κ3) is 5.68. The number of aliphatic hydroxyl groups excluding tert-OH is 1. The number of hydrogen-bond donors (Lipinski definition) is 2. The number of ether oxygens (including phenoxy) is 1. The Kier molecular flexibility index (Phi) is 7.32. The van der Waals surface area contributed by atoms with Crippen LogP contribution in [-0.2, 0) is 16.0 Å². The summed E-state index contributed by atoms with van der Waals surface area (Å²) < 4.78 is 70.6. The summed E-state index contributed by atoms with van der Waals surface area (Å²) in [5, 5.41) is 12.7. The number of carbonyl (C=O) groups excluding carboxylic acids is 1. The van der Waals surface area contributed by atoms with E-state index in [0.717, 1.165) is 25.0 Å². The summed E-state index contributed by atoms with van der Waals surface area (Å²) in [7, 11) is -3.38. The highest BCUT2D eigenvalue weighted by Gasteiger charge is 2.31. The number of hydrogen-bond acceptors (Lipinski definition) is 6. The number of halogens is 3. The molecule has 0 aliphatic heterocycles. The van der Waals surface area contributed by atoms with E-state index in [9.17, 15) is 31.5 Å². The Balaban J connectivity index is 1.37. The normalized spacial score (nSPS) is 14.7. The van der Waals surface area contributed by atoms with E-state index in [1.54, 1.807) is 37.3 Å². The summed E-state index contributed by atoms with van der Waals surface area (Å²) in [5.74, 6) is -0.313. The predicted molar refractivity (Wildman–Crippen MR) is 141 cm³/mol. The Hall–Kier alpha value is -3.90. The first-order chi connectivity index (χ1) is 19.0. The van der Waals surface area contributed by atoms with Crippen molar-refractivity contribution in [1.82, 2.24) is 14.9 Å². The second-order valence-electron chi connectivity index (χ2n) is 9.50. The van der Waals surface area contributed by atoms with E-state index in [4.69, 9.17) is 4.74 Å². The maximum absolute atomic E-state index is 13.1. The number of alkyl halides is 3. The fourth-order valence-electron chi connectivity index (χ4n) is 4.34. The Morgan fingerprint density at radius 3 is 2.35 bits per heavy atom. The number of amides is 1. The van der Waals surface area contributed by atoms with Crippen molar-refractivity contribution >= 4 is 26.8 Å². The molecular formula is C28H26F3N3O5S. The number of aliphatic hydroxyl groups is 1. The number of sulfone groups is 1. The second kappa shape index (κ2) is 10.6. The van der Waals surface area contributed by atoms with Crippen molar-refractivity contribution in [3.63, 3.8) is 0 Å². The lowest BCUT2D eigenvalue weighted by atomic mass is 10.1. The molecule has 0 spiro atoms. The third-order valence-electron chi connectivity index (χ3n) is 6.73. The molecule has 5 rings (SSSR count). The highest BCUT2D eigenvalue weighted by molar-refractivity contribution is 7.91. The molecule has 3 aromatic carbocycles. The second-order valence-corrected chi connectivity index (χ2v) is 11.8. The summed E-state index contributed by atoms with van der Waals surface area (Å²) in [6, 6.07) is 14.8. The molecule has 40 heavy (non-hydrogen) atoms. The fourth-order valence-corrected chi connectivity index (χ4v) is 5.23. The van der Waals surface area contributed by atoms with E-state index >= 15 is 0 Å². The van der Waals surface area contributed by atoms with Crippen LogP contribution in [0.25, 0.3) is 11.0 Å². The lowest BCUT2D eigenvalue weighted by Crippen LogP contribution is -2.30. The lowest BCUT2D eigenvalue weighted by molar-refractivity contribution is -0.137. The van der Waals surface area contributed by atoms with Crippen molar-refractivity contribution in [2.75, 3.05) is 12.4 Å². The van der Waals surface area contributed by atoms with Crippen LogP contribution in [0.1, 0.15) is 53.3 Å². The molecule has 0 saturated heterocycles. The van der Waals surface area contributed by atoms with Crippen molar-refractivity contribution in [3.05, 3.63) is 83.4 Å². The van der Waals surface area contributed by atoms with Crippen LogP contribution in [0.4, 0.5) is 13.2 Å². The van der Waals surface area contributed by atoms with Gasteiger partial charge in [0.1, 0.15) is 5.75 Å². The van der Waals surface area contributed by atoms with Gasteiger partial charge in [-0.25, -0.2) is 8.42 Å². The number of rotatable bonds is 9. The van der Waals surface area contributed by atoms with E-state index in [-0.39, 0.29) is 34.0 Å². The van der Waals surface area contributed by atoms with Crippen LogP contribution >= 0.6 is 0 Å². The van der Waals surface area contributed by atoms with Crippen molar-refractivity contribution < 1.29 is 36.2 Å². The van der Waals surface area contributed by atoms with Crippen molar-refractivity contribution in [1.29, 1.82) is 0 Å². The first-order valence-electron chi connectivity index (χ1n) is 12.6. The van der Waals surface area contributed by atoms with E-state index in [0.29, 0.717) is 16.6 Å². The van der Waals surface area contributed by atoms with Crippen molar-refractivity contribution in [2.24, 2.45) is 0 Å².